The van der Waals surface area contributed by atoms with Gasteiger partial charge in [-0.25, -0.2) is 9.07 Å². The number of aromatic nitrogens is 3. The number of halogens is 1. The average Bonchev–Trinajstić information content (AvgIpc) is 3.56. The molecule has 2 aromatic heterocycles. The Balaban J connectivity index is 1.41. The van der Waals surface area contributed by atoms with E-state index in [4.69, 9.17) is 4.52 Å². The lowest BCUT2D eigenvalue weighted by atomic mass is 9.96. The second kappa shape index (κ2) is 8.32. The number of anilines is 1. The molecule has 0 bridgehead atoms. The maximum Gasteiger partial charge on any atom is 0.291 e. The van der Waals surface area contributed by atoms with Gasteiger partial charge in [0.05, 0.1) is 17.3 Å². The van der Waals surface area contributed by atoms with Gasteiger partial charge in [0.25, 0.3) is 11.5 Å². The molecule has 2 aliphatic rings. The lowest BCUT2D eigenvalue weighted by Crippen LogP contribution is -2.29. The molecule has 1 aromatic carbocycles. The molecule has 0 unspecified atom stereocenters. The van der Waals surface area contributed by atoms with Gasteiger partial charge >= 0.3 is 0 Å². The fraction of sp³-hybridized carbons (Fsp3) is 0.480. The van der Waals surface area contributed by atoms with Crippen LogP contribution in [-0.2, 0) is 7.05 Å². The zero-order valence-corrected chi connectivity index (χ0v) is 19.3. The molecule has 1 amide bonds. The lowest BCUT2D eigenvalue weighted by Gasteiger charge is -2.24. The first kappa shape index (κ1) is 21.7. The highest BCUT2D eigenvalue weighted by Gasteiger charge is 2.28. The summed E-state index contributed by atoms with van der Waals surface area (Å²) in [7, 11) is 1.84. The first-order chi connectivity index (χ1) is 15.9. The smallest absolute Gasteiger partial charge is 0.291 e. The number of nitrogens with zero attached hydrogens (tertiary/aromatic N) is 3. The Labute approximate surface area is 191 Å². The third-order valence-corrected chi connectivity index (χ3v) is 7.18. The maximum absolute atomic E-state index is 14.8. The van der Waals surface area contributed by atoms with E-state index in [0.717, 1.165) is 44.1 Å². The molecular formula is C25H29FN4O3. The first-order valence-electron chi connectivity index (χ1n) is 11.7. The summed E-state index contributed by atoms with van der Waals surface area (Å²) in [5, 5.41) is 6.65. The Morgan fingerprint density at radius 3 is 2.55 bits per heavy atom. The fourth-order valence-corrected chi connectivity index (χ4v) is 4.97. The summed E-state index contributed by atoms with van der Waals surface area (Å²) in [6, 6.07) is 5.26. The van der Waals surface area contributed by atoms with Crippen LogP contribution in [0.1, 0.15) is 84.2 Å². The number of rotatable bonds is 5. The van der Waals surface area contributed by atoms with Crippen molar-refractivity contribution in [2.24, 2.45) is 7.05 Å². The SMILES string of the molecule is Cc1c(C(=O)Nc2c(C)n(C)n(C3CCCCC3)c2=O)noc1-c1ccc(C2CC2)cc1F. The third-order valence-electron chi connectivity index (χ3n) is 7.18. The Kier molecular flexibility index (Phi) is 5.46. The van der Waals surface area contributed by atoms with Crippen LogP contribution in [0.3, 0.4) is 0 Å². The van der Waals surface area contributed by atoms with E-state index in [-0.39, 0.29) is 40.1 Å². The lowest BCUT2D eigenvalue weighted by molar-refractivity contribution is 0.101. The molecule has 2 fully saturated rings. The van der Waals surface area contributed by atoms with Gasteiger partial charge < -0.3 is 9.84 Å². The topological polar surface area (TPSA) is 82.1 Å². The number of carbonyl (C=O) groups is 1. The second-order valence-electron chi connectivity index (χ2n) is 9.38. The average molecular weight is 453 g/mol. The van der Waals surface area contributed by atoms with Gasteiger partial charge in [-0.3, -0.25) is 14.3 Å². The molecule has 2 saturated carbocycles. The van der Waals surface area contributed by atoms with Crippen molar-refractivity contribution in [3.63, 3.8) is 0 Å². The van der Waals surface area contributed by atoms with Gasteiger partial charge in [-0.15, -0.1) is 0 Å². The molecule has 0 saturated heterocycles. The predicted octanol–water partition coefficient (Wildman–Crippen LogP) is 5.23. The molecule has 0 atom stereocenters. The Hall–Kier alpha value is -3.16. The van der Waals surface area contributed by atoms with Gasteiger partial charge in [0.1, 0.15) is 11.5 Å². The van der Waals surface area contributed by atoms with Gasteiger partial charge in [-0.1, -0.05) is 30.5 Å². The summed E-state index contributed by atoms with van der Waals surface area (Å²) < 4.78 is 23.7. The Morgan fingerprint density at radius 1 is 1.15 bits per heavy atom. The number of nitrogens with one attached hydrogen (secondary N) is 1. The number of benzene rings is 1. The summed E-state index contributed by atoms with van der Waals surface area (Å²) in [5.41, 5.74) is 2.46. The van der Waals surface area contributed by atoms with Crippen LogP contribution in [0.25, 0.3) is 11.3 Å². The van der Waals surface area contributed by atoms with Crippen molar-refractivity contribution in [1.82, 2.24) is 14.5 Å². The van der Waals surface area contributed by atoms with Crippen molar-refractivity contribution < 1.29 is 13.7 Å². The van der Waals surface area contributed by atoms with Crippen LogP contribution in [0.4, 0.5) is 10.1 Å². The molecular weight excluding hydrogens is 423 g/mol. The molecule has 8 heteroatoms. The molecule has 2 aliphatic carbocycles. The number of amides is 1. The van der Waals surface area contributed by atoms with Crippen molar-refractivity contribution >= 4 is 11.6 Å². The Bertz CT molecular complexity index is 1280. The normalized spacial score (nSPS) is 16.8. The highest BCUT2D eigenvalue weighted by Crippen LogP contribution is 2.41. The number of hydrogen-bond acceptors (Lipinski definition) is 4. The van der Waals surface area contributed by atoms with Crippen molar-refractivity contribution in [1.29, 1.82) is 0 Å². The molecule has 2 heterocycles. The molecule has 0 aliphatic heterocycles. The minimum absolute atomic E-state index is 0.0440. The van der Waals surface area contributed by atoms with Crippen molar-refractivity contribution in [2.45, 2.75) is 70.8 Å². The second-order valence-corrected chi connectivity index (χ2v) is 9.38. The summed E-state index contributed by atoms with van der Waals surface area (Å²) in [6.45, 7) is 3.49. The molecule has 33 heavy (non-hydrogen) atoms. The summed E-state index contributed by atoms with van der Waals surface area (Å²) >= 11 is 0. The third kappa shape index (κ3) is 3.81. The summed E-state index contributed by atoms with van der Waals surface area (Å²) in [5.74, 6) is -0.263. The van der Waals surface area contributed by atoms with E-state index in [1.54, 1.807) is 17.7 Å². The summed E-state index contributed by atoms with van der Waals surface area (Å²) in [6.07, 6.45) is 7.49. The van der Waals surface area contributed by atoms with Crippen molar-refractivity contribution in [2.75, 3.05) is 5.32 Å². The van der Waals surface area contributed by atoms with Crippen molar-refractivity contribution in [3.05, 3.63) is 56.9 Å². The van der Waals surface area contributed by atoms with Gasteiger partial charge in [0.15, 0.2) is 11.5 Å². The van der Waals surface area contributed by atoms with Gasteiger partial charge in [-0.05, 0) is 63.1 Å². The van der Waals surface area contributed by atoms with Gasteiger partial charge in [0.2, 0.25) is 0 Å². The Morgan fingerprint density at radius 2 is 1.88 bits per heavy atom. The first-order valence-corrected chi connectivity index (χ1v) is 11.7. The van der Waals surface area contributed by atoms with Crippen LogP contribution in [-0.4, -0.2) is 20.4 Å². The number of hydrogen-bond donors (Lipinski definition) is 1. The molecule has 7 nitrogen and oxygen atoms in total. The minimum atomic E-state index is -0.542. The van der Waals surface area contributed by atoms with E-state index in [1.807, 2.05) is 24.7 Å². The van der Waals surface area contributed by atoms with Crippen molar-refractivity contribution in [3.8, 4) is 11.3 Å². The fourth-order valence-electron chi connectivity index (χ4n) is 4.97. The maximum atomic E-state index is 14.8. The van der Waals surface area contributed by atoms with Crippen LogP contribution in [0, 0.1) is 19.7 Å². The quantitative estimate of drug-likeness (QED) is 0.574. The number of carbonyl (C=O) groups excluding carboxylic acids is 1. The van der Waals surface area contributed by atoms with Crippen LogP contribution in [0.5, 0.6) is 0 Å². The van der Waals surface area contributed by atoms with Crippen LogP contribution < -0.4 is 10.9 Å². The van der Waals surface area contributed by atoms with Crippen LogP contribution in [0.15, 0.2) is 27.5 Å². The predicted molar refractivity (Wildman–Crippen MR) is 123 cm³/mol. The van der Waals surface area contributed by atoms with E-state index in [0.29, 0.717) is 17.2 Å². The monoisotopic (exact) mass is 452 g/mol. The molecule has 0 radical (unpaired) electrons. The molecule has 174 valence electrons. The van der Waals surface area contributed by atoms with E-state index in [1.165, 1.54) is 12.5 Å². The highest BCUT2D eigenvalue weighted by atomic mass is 19.1. The van der Waals surface area contributed by atoms with Gasteiger partial charge in [-0.2, -0.15) is 0 Å². The van der Waals surface area contributed by atoms with E-state index < -0.39 is 5.91 Å². The molecule has 1 N–H and O–H groups in total. The van der Waals surface area contributed by atoms with E-state index in [9.17, 15) is 14.0 Å². The zero-order valence-electron chi connectivity index (χ0n) is 19.3. The van der Waals surface area contributed by atoms with Crippen LogP contribution >= 0.6 is 0 Å². The minimum Gasteiger partial charge on any atom is -0.355 e. The van der Waals surface area contributed by atoms with E-state index >= 15 is 0 Å². The summed E-state index contributed by atoms with van der Waals surface area (Å²) in [4.78, 5) is 26.2. The highest BCUT2D eigenvalue weighted by molar-refractivity contribution is 6.04. The largest absolute Gasteiger partial charge is 0.355 e. The molecule has 0 spiro atoms. The van der Waals surface area contributed by atoms with E-state index in [2.05, 4.69) is 10.5 Å². The molecule has 3 aromatic rings. The zero-order chi connectivity index (χ0) is 23.3. The van der Waals surface area contributed by atoms with Crippen LogP contribution in [0.2, 0.25) is 0 Å². The molecule has 5 rings (SSSR count). The standard InChI is InChI=1S/C25H29FN4O3/c1-14-21(28-33-23(14)19-12-11-17(13-20(19)26)16-9-10-16)24(31)27-22-15(2)29(3)30(25(22)32)18-7-5-4-6-8-18/h11-13,16,18H,4-10H2,1-3H3,(H,27,31). The van der Waals surface area contributed by atoms with Gasteiger partial charge in [0, 0.05) is 12.6 Å².